The predicted octanol–water partition coefficient (Wildman–Crippen LogP) is 4.06. The Morgan fingerprint density at radius 1 is 1.22 bits per heavy atom. The number of aromatic amines is 1. The summed E-state index contributed by atoms with van der Waals surface area (Å²) in [5.41, 5.74) is 3.74. The number of fused-ring (bicyclic) bond motifs is 1. The van der Waals surface area contributed by atoms with Crippen LogP contribution in [0, 0.1) is 0 Å². The minimum Gasteiger partial charge on any atom is -0.465 e. The Hall–Kier alpha value is -3.61. The number of nitrogens with one attached hydrogen (secondary N) is 2. The third-order valence-electron chi connectivity index (χ3n) is 4.63. The van der Waals surface area contributed by atoms with E-state index in [2.05, 4.69) is 15.3 Å². The highest BCUT2D eigenvalue weighted by molar-refractivity contribution is 6.11. The number of nitrogens with zero attached hydrogens (tertiary/aromatic N) is 2. The van der Waals surface area contributed by atoms with Crippen molar-refractivity contribution in [1.82, 2.24) is 14.9 Å². The number of benzene rings is 1. The van der Waals surface area contributed by atoms with Crippen LogP contribution in [-0.2, 0) is 0 Å². The van der Waals surface area contributed by atoms with E-state index in [1.807, 2.05) is 55.5 Å². The Bertz CT molecular complexity index is 999. The molecular weight excluding hydrogens is 344 g/mol. The molecule has 7 nitrogen and oxygen atoms in total. The summed E-state index contributed by atoms with van der Waals surface area (Å²) in [5, 5.41) is 12.7. The number of hydrogen-bond acceptors (Lipinski definition) is 4. The molecule has 1 aromatic carbocycles. The Morgan fingerprint density at radius 2 is 1.96 bits per heavy atom. The number of H-pyrrole nitrogens is 1. The van der Waals surface area contributed by atoms with E-state index in [0.717, 1.165) is 16.3 Å². The van der Waals surface area contributed by atoms with Gasteiger partial charge in [-0.1, -0.05) is 31.2 Å². The van der Waals surface area contributed by atoms with Crippen LogP contribution in [0.4, 0.5) is 16.2 Å². The molecule has 3 N–H and O–H groups in total. The monoisotopic (exact) mass is 362 g/mol. The standard InChI is InChI=1S/C20H18N4O3/c1-12-11-24(20(26)27)19(25)15-16(12)23-17(14-9-5-6-10-21-14)18(15)22-13-7-3-2-4-8-13/h2-10,12,22-23H,11H2,1H3,(H,26,27). The van der Waals surface area contributed by atoms with Crippen molar-refractivity contribution in [1.29, 1.82) is 0 Å². The van der Waals surface area contributed by atoms with Crippen molar-refractivity contribution in [3.8, 4) is 11.4 Å². The number of carbonyl (C=O) groups excluding carboxylic acids is 1. The molecule has 1 aliphatic rings. The summed E-state index contributed by atoms with van der Waals surface area (Å²) in [6.45, 7) is 2.01. The second-order valence-corrected chi connectivity index (χ2v) is 6.47. The van der Waals surface area contributed by atoms with Crippen LogP contribution in [0.1, 0.15) is 28.9 Å². The smallest absolute Gasteiger partial charge is 0.414 e. The van der Waals surface area contributed by atoms with E-state index in [-0.39, 0.29) is 12.5 Å². The molecule has 1 unspecified atom stereocenters. The number of rotatable bonds is 3. The van der Waals surface area contributed by atoms with Crippen molar-refractivity contribution >= 4 is 23.4 Å². The normalized spacial score (nSPS) is 16.1. The van der Waals surface area contributed by atoms with Gasteiger partial charge in [0, 0.05) is 30.0 Å². The number of imide groups is 1. The Kier molecular flexibility index (Phi) is 4.12. The molecule has 2 aromatic heterocycles. The van der Waals surface area contributed by atoms with Gasteiger partial charge in [-0.3, -0.25) is 9.78 Å². The van der Waals surface area contributed by atoms with Gasteiger partial charge in [0.1, 0.15) is 0 Å². The number of carboxylic acid groups (broad SMARTS) is 1. The van der Waals surface area contributed by atoms with Crippen LogP contribution < -0.4 is 5.32 Å². The topological polar surface area (TPSA) is 98.3 Å². The zero-order valence-corrected chi connectivity index (χ0v) is 14.6. The fourth-order valence-electron chi connectivity index (χ4n) is 3.35. The molecule has 1 atom stereocenters. The van der Waals surface area contributed by atoms with Gasteiger partial charge in [-0.25, -0.2) is 9.69 Å². The molecule has 0 spiro atoms. The number of amides is 2. The fourth-order valence-corrected chi connectivity index (χ4v) is 3.35. The molecule has 0 radical (unpaired) electrons. The van der Waals surface area contributed by atoms with Crippen molar-refractivity contribution in [2.24, 2.45) is 0 Å². The molecule has 0 bridgehead atoms. The zero-order chi connectivity index (χ0) is 19.0. The minimum absolute atomic E-state index is 0.119. The summed E-state index contributed by atoms with van der Waals surface area (Å²) in [5.74, 6) is -0.685. The molecule has 27 heavy (non-hydrogen) atoms. The number of hydrogen-bond donors (Lipinski definition) is 3. The highest BCUT2D eigenvalue weighted by atomic mass is 16.4. The number of carbonyl (C=O) groups is 2. The molecular formula is C20H18N4O3. The van der Waals surface area contributed by atoms with E-state index in [1.54, 1.807) is 6.20 Å². The molecule has 2 amide bonds. The molecule has 4 rings (SSSR count). The van der Waals surface area contributed by atoms with Gasteiger partial charge in [-0.2, -0.15) is 0 Å². The quantitative estimate of drug-likeness (QED) is 0.653. The van der Waals surface area contributed by atoms with E-state index in [9.17, 15) is 14.7 Å². The van der Waals surface area contributed by atoms with Gasteiger partial charge < -0.3 is 15.4 Å². The fraction of sp³-hybridized carbons (Fsp3) is 0.150. The first-order chi connectivity index (χ1) is 13.1. The third-order valence-corrected chi connectivity index (χ3v) is 4.63. The first-order valence-corrected chi connectivity index (χ1v) is 8.60. The summed E-state index contributed by atoms with van der Waals surface area (Å²) >= 11 is 0. The lowest BCUT2D eigenvalue weighted by molar-refractivity contribution is 0.0713. The molecule has 3 heterocycles. The maximum Gasteiger partial charge on any atom is 0.414 e. The van der Waals surface area contributed by atoms with Crippen LogP contribution in [0.25, 0.3) is 11.4 Å². The number of para-hydroxylation sites is 1. The highest BCUT2D eigenvalue weighted by Crippen LogP contribution is 2.40. The summed E-state index contributed by atoms with van der Waals surface area (Å²) < 4.78 is 0. The largest absolute Gasteiger partial charge is 0.465 e. The van der Waals surface area contributed by atoms with Crippen LogP contribution in [-0.4, -0.2) is 38.5 Å². The van der Waals surface area contributed by atoms with Crippen molar-refractivity contribution < 1.29 is 14.7 Å². The van der Waals surface area contributed by atoms with Crippen LogP contribution in [0.3, 0.4) is 0 Å². The lowest BCUT2D eigenvalue weighted by Gasteiger charge is -2.27. The highest BCUT2D eigenvalue weighted by Gasteiger charge is 2.38. The first kappa shape index (κ1) is 16.8. The molecule has 0 saturated heterocycles. The molecule has 1 aliphatic heterocycles. The van der Waals surface area contributed by atoms with Gasteiger partial charge in [-0.05, 0) is 24.3 Å². The van der Waals surface area contributed by atoms with Gasteiger partial charge in [0.2, 0.25) is 0 Å². The van der Waals surface area contributed by atoms with Crippen LogP contribution in [0.15, 0.2) is 54.7 Å². The van der Waals surface area contributed by atoms with Crippen molar-refractivity contribution in [3.63, 3.8) is 0 Å². The maximum atomic E-state index is 12.9. The molecule has 0 aliphatic carbocycles. The Labute approximate surface area is 155 Å². The van der Waals surface area contributed by atoms with Crippen LogP contribution >= 0.6 is 0 Å². The SMILES string of the molecule is CC1CN(C(=O)O)C(=O)c2c1[nH]c(-c1ccccn1)c2Nc1ccccc1. The summed E-state index contributed by atoms with van der Waals surface area (Å²) in [6, 6.07) is 15.0. The van der Waals surface area contributed by atoms with Gasteiger partial charge in [0.15, 0.2) is 0 Å². The first-order valence-electron chi connectivity index (χ1n) is 8.60. The predicted molar refractivity (Wildman–Crippen MR) is 101 cm³/mol. The lowest BCUT2D eigenvalue weighted by Crippen LogP contribution is -2.42. The lowest BCUT2D eigenvalue weighted by atomic mass is 9.96. The Morgan fingerprint density at radius 3 is 2.63 bits per heavy atom. The van der Waals surface area contributed by atoms with Gasteiger partial charge in [0.25, 0.3) is 5.91 Å². The molecule has 0 saturated carbocycles. The van der Waals surface area contributed by atoms with E-state index < -0.39 is 12.0 Å². The van der Waals surface area contributed by atoms with E-state index in [4.69, 9.17) is 0 Å². The molecule has 136 valence electrons. The summed E-state index contributed by atoms with van der Waals surface area (Å²) in [7, 11) is 0. The molecule has 3 aromatic rings. The minimum atomic E-state index is -1.25. The molecule has 7 heteroatoms. The molecule has 0 fully saturated rings. The van der Waals surface area contributed by atoms with Gasteiger partial charge in [0.05, 0.1) is 22.6 Å². The average molecular weight is 362 g/mol. The number of pyridine rings is 1. The zero-order valence-electron chi connectivity index (χ0n) is 14.6. The van der Waals surface area contributed by atoms with E-state index in [0.29, 0.717) is 22.6 Å². The average Bonchev–Trinajstić information content (AvgIpc) is 3.06. The van der Waals surface area contributed by atoms with E-state index >= 15 is 0 Å². The van der Waals surface area contributed by atoms with Gasteiger partial charge >= 0.3 is 6.09 Å². The second kappa shape index (κ2) is 6.60. The van der Waals surface area contributed by atoms with Crippen LogP contribution in [0.2, 0.25) is 0 Å². The second-order valence-electron chi connectivity index (χ2n) is 6.47. The van der Waals surface area contributed by atoms with E-state index in [1.165, 1.54) is 0 Å². The number of anilines is 2. The van der Waals surface area contributed by atoms with Crippen molar-refractivity contribution in [2.75, 3.05) is 11.9 Å². The Balaban J connectivity index is 1.91. The van der Waals surface area contributed by atoms with Crippen molar-refractivity contribution in [2.45, 2.75) is 12.8 Å². The summed E-state index contributed by atoms with van der Waals surface area (Å²) in [6.07, 6.45) is 0.430. The summed E-state index contributed by atoms with van der Waals surface area (Å²) in [4.78, 5) is 33.0. The van der Waals surface area contributed by atoms with Gasteiger partial charge in [-0.15, -0.1) is 0 Å². The van der Waals surface area contributed by atoms with Crippen molar-refractivity contribution in [3.05, 3.63) is 66.0 Å². The van der Waals surface area contributed by atoms with Crippen LogP contribution in [0.5, 0.6) is 0 Å². The third kappa shape index (κ3) is 2.93. The maximum absolute atomic E-state index is 12.9. The number of aromatic nitrogens is 2.